The van der Waals surface area contributed by atoms with Crippen molar-refractivity contribution in [2.75, 3.05) is 17.5 Å². The third-order valence-corrected chi connectivity index (χ3v) is 8.19. The maximum Gasteiger partial charge on any atom is 0.264 e. The first-order valence-electron chi connectivity index (χ1n) is 13.6. The lowest BCUT2D eigenvalue weighted by atomic mass is 10.1. The average Bonchev–Trinajstić information content (AvgIpc) is 2.93. The van der Waals surface area contributed by atoms with Crippen molar-refractivity contribution in [3.8, 4) is 5.75 Å². The molecule has 2 amide bonds. The number of halogens is 1. The minimum absolute atomic E-state index is 0.00909. The van der Waals surface area contributed by atoms with Crippen LogP contribution in [0.5, 0.6) is 5.75 Å². The van der Waals surface area contributed by atoms with Gasteiger partial charge >= 0.3 is 0 Å². The molecule has 0 spiro atoms. The highest BCUT2D eigenvalue weighted by Crippen LogP contribution is 2.27. The van der Waals surface area contributed by atoms with Gasteiger partial charge in [0.2, 0.25) is 11.8 Å². The highest BCUT2D eigenvalue weighted by molar-refractivity contribution is 7.92. The molecule has 0 radical (unpaired) electrons. The van der Waals surface area contributed by atoms with Gasteiger partial charge in [0.1, 0.15) is 24.2 Å². The second kappa shape index (κ2) is 14.1. The molecule has 0 heterocycles. The number of carbonyl (C=O) groups is 2. The summed E-state index contributed by atoms with van der Waals surface area (Å²) in [4.78, 5) is 28.6. The SMILES string of the molecule is CCOc1ccc(N(CC(=O)N(Cc2ccc(F)cc2)[C@@H](CC)C(=O)NC(C)C)S(=O)(=O)c2ccc(C)cc2)cc1. The van der Waals surface area contributed by atoms with Crippen molar-refractivity contribution < 1.29 is 27.1 Å². The molecule has 0 saturated carbocycles. The third-order valence-electron chi connectivity index (χ3n) is 6.41. The molecule has 0 fully saturated rings. The van der Waals surface area contributed by atoms with E-state index in [4.69, 9.17) is 4.74 Å². The Morgan fingerprint density at radius 2 is 1.54 bits per heavy atom. The lowest BCUT2D eigenvalue weighted by Crippen LogP contribution is -2.53. The highest BCUT2D eigenvalue weighted by Gasteiger charge is 2.33. The quantitative estimate of drug-likeness (QED) is 0.304. The van der Waals surface area contributed by atoms with Gasteiger partial charge in [-0.1, -0.05) is 36.8 Å². The number of anilines is 1. The molecule has 0 saturated heterocycles. The number of aryl methyl sites for hydroxylation is 1. The molecule has 0 aliphatic carbocycles. The van der Waals surface area contributed by atoms with Crippen molar-refractivity contribution in [3.05, 3.63) is 89.7 Å². The summed E-state index contributed by atoms with van der Waals surface area (Å²) in [6.07, 6.45) is 0.291. The molecule has 0 aliphatic rings. The Morgan fingerprint density at radius 1 is 0.927 bits per heavy atom. The van der Waals surface area contributed by atoms with Crippen molar-refractivity contribution in [1.82, 2.24) is 10.2 Å². The Bertz CT molecular complexity index is 1410. The molecule has 3 rings (SSSR count). The molecule has 220 valence electrons. The van der Waals surface area contributed by atoms with E-state index in [-0.39, 0.29) is 29.1 Å². The van der Waals surface area contributed by atoms with Crippen LogP contribution in [0.3, 0.4) is 0 Å². The van der Waals surface area contributed by atoms with Gasteiger partial charge < -0.3 is 15.0 Å². The molecule has 1 atom stereocenters. The van der Waals surface area contributed by atoms with Gasteiger partial charge in [-0.05, 0) is 88.2 Å². The molecule has 0 bridgehead atoms. The summed E-state index contributed by atoms with van der Waals surface area (Å²) in [5.41, 5.74) is 1.76. The third kappa shape index (κ3) is 8.29. The number of sulfonamides is 1. The zero-order valence-corrected chi connectivity index (χ0v) is 24.9. The fourth-order valence-corrected chi connectivity index (χ4v) is 5.74. The number of hydrogen-bond donors (Lipinski definition) is 1. The Kier molecular flexibility index (Phi) is 10.9. The van der Waals surface area contributed by atoms with Crippen molar-refractivity contribution in [2.24, 2.45) is 0 Å². The molecule has 0 unspecified atom stereocenters. The number of amides is 2. The van der Waals surface area contributed by atoms with E-state index in [2.05, 4.69) is 5.32 Å². The van der Waals surface area contributed by atoms with Crippen LogP contribution in [0.2, 0.25) is 0 Å². The van der Waals surface area contributed by atoms with Crippen molar-refractivity contribution >= 4 is 27.5 Å². The summed E-state index contributed by atoms with van der Waals surface area (Å²) in [7, 11) is -4.18. The smallest absolute Gasteiger partial charge is 0.264 e. The van der Waals surface area contributed by atoms with Crippen LogP contribution >= 0.6 is 0 Å². The Morgan fingerprint density at radius 3 is 2.07 bits per heavy atom. The van der Waals surface area contributed by atoms with Crippen molar-refractivity contribution in [2.45, 2.75) is 64.6 Å². The summed E-state index contributed by atoms with van der Waals surface area (Å²) in [5.74, 6) is -0.802. The predicted octanol–water partition coefficient (Wildman–Crippen LogP) is 5.06. The molecule has 3 aromatic rings. The minimum Gasteiger partial charge on any atom is -0.494 e. The molecule has 0 aromatic heterocycles. The van der Waals surface area contributed by atoms with Crippen LogP contribution in [-0.4, -0.2) is 50.4 Å². The lowest BCUT2D eigenvalue weighted by Gasteiger charge is -2.33. The van der Waals surface area contributed by atoms with Crippen molar-refractivity contribution in [3.63, 3.8) is 0 Å². The predicted molar refractivity (Wildman–Crippen MR) is 158 cm³/mol. The first-order valence-corrected chi connectivity index (χ1v) is 15.1. The first kappa shape index (κ1) is 31.6. The number of hydrogen-bond acceptors (Lipinski definition) is 5. The number of nitrogens with zero attached hydrogens (tertiary/aromatic N) is 2. The standard InChI is InChI=1S/C31H38FN3O5S/c1-6-29(31(37)33-22(3)4)34(20-24-10-12-25(32)13-11-24)30(36)21-35(26-14-16-27(17-15-26)40-7-2)41(38,39)28-18-8-23(5)9-19-28/h8-19,22,29H,6-7,20-21H2,1-5H3,(H,33,37)/t29-/m0/s1. The summed E-state index contributed by atoms with van der Waals surface area (Å²) < 4.78 is 48.0. The number of ether oxygens (including phenoxy) is 1. The van der Waals surface area contributed by atoms with Crippen LogP contribution in [0.15, 0.2) is 77.7 Å². The highest BCUT2D eigenvalue weighted by atomic mass is 32.2. The van der Waals surface area contributed by atoms with Crippen LogP contribution < -0.4 is 14.4 Å². The molecular formula is C31H38FN3O5S. The van der Waals surface area contributed by atoms with E-state index in [0.717, 1.165) is 9.87 Å². The minimum atomic E-state index is -4.18. The molecule has 1 N–H and O–H groups in total. The van der Waals surface area contributed by atoms with E-state index in [1.165, 1.54) is 41.3 Å². The van der Waals surface area contributed by atoms with Gasteiger partial charge in [-0.15, -0.1) is 0 Å². The average molecular weight is 584 g/mol. The number of rotatable bonds is 13. The number of benzene rings is 3. The number of nitrogens with one attached hydrogen (secondary N) is 1. The van der Waals surface area contributed by atoms with Crippen LogP contribution in [-0.2, 0) is 26.2 Å². The van der Waals surface area contributed by atoms with Gasteiger partial charge in [0, 0.05) is 12.6 Å². The molecule has 8 nitrogen and oxygen atoms in total. The summed E-state index contributed by atoms with van der Waals surface area (Å²) in [6, 6.07) is 17.4. The van der Waals surface area contributed by atoms with Gasteiger partial charge in [0.15, 0.2) is 0 Å². The van der Waals surface area contributed by atoms with Crippen molar-refractivity contribution in [1.29, 1.82) is 0 Å². The maximum absolute atomic E-state index is 14.0. The summed E-state index contributed by atoms with van der Waals surface area (Å²) in [6.45, 7) is 8.99. The Labute approximate surface area is 242 Å². The van der Waals surface area contributed by atoms with Crippen LogP contribution in [0.4, 0.5) is 10.1 Å². The van der Waals surface area contributed by atoms with Gasteiger partial charge in [-0.3, -0.25) is 13.9 Å². The molecular weight excluding hydrogens is 545 g/mol. The van der Waals surface area contributed by atoms with Gasteiger partial charge in [-0.2, -0.15) is 0 Å². The summed E-state index contributed by atoms with van der Waals surface area (Å²) >= 11 is 0. The van der Waals surface area contributed by atoms with Crippen LogP contribution in [0.25, 0.3) is 0 Å². The lowest BCUT2D eigenvalue weighted by molar-refractivity contribution is -0.140. The first-order chi connectivity index (χ1) is 19.5. The molecule has 41 heavy (non-hydrogen) atoms. The largest absolute Gasteiger partial charge is 0.494 e. The molecule has 3 aromatic carbocycles. The zero-order valence-electron chi connectivity index (χ0n) is 24.1. The van der Waals surface area contributed by atoms with E-state index >= 15 is 0 Å². The topological polar surface area (TPSA) is 96.0 Å². The van der Waals surface area contributed by atoms with Crippen LogP contribution in [0, 0.1) is 12.7 Å². The monoisotopic (exact) mass is 583 g/mol. The van der Waals surface area contributed by atoms with E-state index in [0.29, 0.717) is 24.3 Å². The maximum atomic E-state index is 14.0. The summed E-state index contributed by atoms with van der Waals surface area (Å²) in [5, 5.41) is 2.85. The second-order valence-corrected chi connectivity index (χ2v) is 11.8. The van der Waals surface area contributed by atoms with Crippen LogP contribution in [0.1, 0.15) is 45.2 Å². The van der Waals surface area contributed by atoms with E-state index in [1.54, 1.807) is 43.3 Å². The van der Waals surface area contributed by atoms with E-state index in [1.807, 2.05) is 27.7 Å². The van der Waals surface area contributed by atoms with E-state index < -0.39 is 34.3 Å². The molecule has 10 heteroatoms. The molecule has 0 aliphatic heterocycles. The van der Waals surface area contributed by atoms with Gasteiger partial charge in [0.05, 0.1) is 17.2 Å². The Balaban J connectivity index is 2.06. The van der Waals surface area contributed by atoms with E-state index in [9.17, 15) is 22.4 Å². The fourth-order valence-electron chi connectivity index (χ4n) is 4.33. The number of carbonyl (C=O) groups excluding carboxylic acids is 2. The second-order valence-electron chi connectivity index (χ2n) is 9.99. The normalized spacial score (nSPS) is 12.1. The zero-order chi connectivity index (χ0) is 30.2. The fraction of sp³-hybridized carbons (Fsp3) is 0.355. The Hall–Kier alpha value is -3.92. The van der Waals surface area contributed by atoms with Gasteiger partial charge in [-0.25, -0.2) is 12.8 Å². The van der Waals surface area contributed by atoms with Gasteiger partial charge in [0.25, 0.3) is 10.0 Å².